The number of carbonyl (C=O) groups is 1. The lowest BCUT2D eigenvalue weighted by Gasteiger charge is -2.10. The van der Waals surface area contributed by atoms with Crippen LogP contribution in [0.2, 0.25) is 0 Å². The summed E-state index contributed by atoms with van der Waals surface area (Å²) in [5.74, 6) is -1.03. The lowest BCUT2D eigenvalue weighted by atomic mass is 10.2. The largest absolute Gasteiger partial charge is 0.494 e. The van der Waals surface area contributed by atoms with E-state index in [0.29, 0.717) is 5.69 Å². The second-order valence-corrected chi connectivity index (χ2v) is 2.89. The number of primary amides is 1. The van der Waals surface area contributed by atoms with Gasteiger partial charge in [0.2, 0.25) is 5.91 Å². The molecule has 82 valence electrons. The van der Waals surface area contributed by atoms with Crippen LogP contribution in [0.4, 0.5) is 15.8 Å². The van der Waals surface area contributed by atoms with Crippen LogP contribution in [0.15, 0.2) is 12.1 Å². The third kappa shape index (κ3) is 2.73. The van der Waals surface area contributed by atoms with E-state index in [1.165, 1.54) is 13.2 Å². The van der Waals surface area contributed by atoms with E-state index in [9.17, 15) is 9.18 Å². The van der Waals surface area contributed by atoms with Crippen LogP contribution in [0, 0.1) is 5.82 Å². The highest BCUT2D eigenvalue weighted by Gasteiger charge is 2.08. The van der Waals surface area contributed by atoms with Gasteiger partial charge in [0.25, 0.3) is 0 Å². The fourth-order valence-electron chi connectivity index (χ4n) is 1.06. The zero-order valence-corrected chi connectivity index (χ0v) is 8.21. The summed E-state index contributed by atoms with van der Waals surface area (Å²) in [6.07, 6.45) is 0. The van der Waals surface area contributed by atoms with Crippen LogP contribution in [0.3, 0.4) is 0 Å². The first kappa shape index (κ1) is 11.1. The standard InChI is InChI=1S/C9H12FN3O2/c1-15-8-3-7(13-4-9(12)14)6(11)2-5(8)10/h2-3,13H,4,11H2,1H3,(H2,12,14). The van der Waals surface area contributed by atoms with E-state index < -0.39 is 11.7 Å². The van der Waals surface area contributed by atoms with Gasteiger partial charge in [-0.25, -0.2) is 4.39 Å². The summed E-state index contributed by atoms with van der Waals surface area (Å²) in [5.41, 5.74) is 11.1. The van der Waals surface area contributed by atoms with E-state index in [2.05, 4.69) is 5.32 Å². The second kappa shape index (κ2) is 4.50. The van der Waals surface area contributed by atoms with E-state index in [4.69, 9.17) is 16.2 Å². The number of hydrogen-bond donors (Lipinski definition) is 3. The Bertz CT molecular complexity index is 382. The Balaban J connectivity index is 2.92. The molecule has 0 saturated heterocycles. The molecule has 15 heavy (non-hydrogen) atoms. The lowest BCUT2D eigenvalue weighted by Crippen LogP contribution is -2.22. The average Bonchev–Trinajstić information content (AvgIpc) is 2.16. The number of nitrogen functional groups attached to an aromatic ring is 1. The SMILES string of the molecule is COc1cc(NCC(N)=O)c(N)cc1F. The van der Waals surface area contributed by atoms with Crippen LogP contribution < -0.4 is 21.5 Å². The molecular weight excluding hydrogens is 201 g/mol. The van der Waals surface area contributed by atoms with Crippen LogP contribution in [-0.4, -0.2) is 19.6 Å². The highest BCUT2D eigenvalue weighted by molar-refractivity contribution is 5.81. The predicted octanol–water partition coefficient (Wildman–Crippen LogP) is 0.314. The summed E-state index contributed by atoms with van der Waals surface area (Å²) in [5, 5.41) is 2.67. The van der Waals surface area contributed by atoms with Crippen LogP contribution in [0.1, 0.15) is 0 Å². The van der Waals surface area contributed by atoms with Crippen LogP contribution >= 0.6 is 0 Å². The zero-order valence-electron chi connectivity index (χ0n) is 8.21. The smallest absolute Gasteiger partial charge is 0.236 e. The summed E-state index contributed by atoms with van der Waals surface area (Å²) >= 11 is 0. The summed E-state index contributed by atoms with van der Waals surface area (Å²) in [7, 11) is 1.34. The first-order chi connectivity index (χ1) is 7.04. The number of methoxy groups -OCH3 is 1. The molecule has 0 unspecified atom stereocenters. The molecule has 0 heterocycles. The molecule has 5 N–H and O–H groups in total. The molecule has 0 aliphatic heterocycles. The quantitative estimate of drug-likeness (QED) is 0.628. The molecular formula is C9H12FN3O2. The normalized spacial score (nSPS) is 9.73. The molecule has 0 aliphatic carbocycles. The molecule has 0 aliphatic rings. The Labute approximate surface area is 86.2 Å². The van der Waals surface area contributed by atoms with Gasteiger partial charge in [-0.3, -0.25) is 4.79 Å². The minimum Gasteiger partial charge on any atom is -0.494 e. The molecule has 1 aromatic rings. The van der Waals surface area contributed by atoms with Gasteiger partial charge < -0.3 is 21.5 Å². The first-order valence-corrected chi connectivity index (χ1v) is 4.19. The van der Waals surface area contributed by atoms with Crippen molar-refractivity contribution in [1.82, 2.24) is 0 Å². The van der Waals surface area contributed by atoms with Crippen molar-refractivity contribution in [1.29, 1.82) is 0 Å². The maximum Gasteiger partial charge on any atom is 0.236 e. The average molecular weight is 213 g/mol. The number of amides is 1. The molecule has 0 radical (unpaired) electrons. The molecule has 1 aromatic carbocycles. The summed E-state index contributed by atoms with van der Waals surface area (Å²) in [6, 6.07) is 2.48. The summed E-state index contributed by atoms with van der Waals surface area (Å²) in [6.45, 7) is -0.0704. The number of anilines is 2. The maximum atomic E-state index is 13.1. The van der Waals surface area contributed by atoms with Crippen molar-refractivity contribution >= 4 is 17.3 Å². The number of nitrogens with two attached hydrogens (primary N) is 2. The van der Waals surface area contributed by atoms with Gasteiger partial charge in [0.15, 0.2) is 11.6 Å². The number of benzene rings is 1. The van der Waals surface area contributed by atoms with Crippen LogP contribution in [-0.2, 0) is 4.79 Å². The monoisotopic (exact) mass is 213 g/mol. The molecule has 1 rings (SSSR count). The number of halogens is 1. The summed E-state index contributed by atoms with van der Waals surface area (Å²) < 4.78 is 17.9. The van der Waals surface area contributed by atoms with Gasteiger partial charge in [0.1, 0.15) is 0 Å². The van der Waals surface area contributed by atoms with Crippen molar-refractivity contribution in [3.05, 3.63) is 17.9 Å². The molecule has 1 amide bonds. The molecule has 0 fully saturated rings. The zero-order chi connectivity index (χ0) is 11.4. The maximum absolute atomic E-state index is 13.1. The van der Waals surface area contributed by atoms with Crippen molar-refractivity contribution in [2.75, 3.05) is 24.7 Å². The molecule has 0 atom stereocenters. The van der Waals surface area contributed by atoms with E-state index in [0.717, 1.165) is 6.07 Å². The molecule has 0 saturated carbocycles. The minimum absolute atomic E-state index is 0.0520. The van der Waals surface area contributed by atoms with Gasteiger partial charge in [0.05, 0.1) is 25.0 Å². The highest BCUT2D eigenvalue weighted by Crippen LogP contribution is 2.27. The molecule has 0 aromatic heterocycles. The van der Waals surface area contributed by atoms with E-state index in [-0.39, 0.29) is 18.0 Å². The van der Waals surface area contributed by atoms with Gasteiger partial charge in [0, 0.05) is 12.1 Å². The number of hydrogen-bond acceptors (Lipinski definition) is 4. The van der Waals surface area contributed by atoms with E-state index in [1.807, 2.05) is 0 Å². The van der Waals surface area contributed by atoms with Crippen molar-refractivity contribution in [3.63, 3.8) is 0 Å². The molecule has 5 nitrogen and oxygen atoms in total. The molecule has 6 heteroatoms. The highest BCUT2D eigenvalue weighted by atomic mass is 19.1. The Morgan fingerprint density at radius 1 is 1.60 bits per heavy atom. The van der Waals surface area contributed by atoms with Crippen molar-refractivity contribution < 1.29 is 13.9 Å². The first-order valence-electron chi connectivity index (χ1n) is 4.19. The lowest BCUT2D eigenvalue weighted by molar-refractivity contribution is -0.116. The second-order valence-electron chi connectivity index (χ2n) is 2.89. The van der Waals surface area contributed by atoms with Crippen molar-refractivity contribution in [2.45, 2.75) is 0 Å². The summed E-state index contributed by atoms with van der Waals surface area (Å²) in [4.78, 5) is 10.5. The Morgan fingerprint density at radius 2 is 2.27 bits per heavy atom. The topological polar surface area (TPSA) is 90.4 Å². The predicted molar refractivity (Wildman–Crippen MR) is 55.0 cm³/mol. The van der Waals surface area contributed by atoms with Gasteiger partial charge in [-0.05, 0) is 0 Å². The van der Waals surface area contributed by atoms with Gasteiger partial charge in [-0.15, -0.1) is 0 Å². The van der Waals surface area contributed by atoms with Crippen molar-refractivity contribution in [3.8, 4) is 5.75 Å². The minimum atomic E-state index is -0.556. The number of carbonyl (C=O) groups excluding carboxylic acids is 1. The third-order valence-corrected chi connectivity index (χ3v) is 1.78. The third-order valence-electron chi connectivity index (χ3n) is 1.78. The number of nitrogens with one attached hydrogen (secondary N) is 1. The molecule has 0 spiro atoms. The fraction of sp³-hybridized carbons (Fsp3) is 0.222. The van der Waals surface area contributed by atoms with Crippen LogP contribution in [0.5, 0.6) is 5.75 Å². The Hall–Kier alpha value is -1.98. The number of rotatable bonds is 4. The Morgan fingerprint density at radius 3 is 2.80 bits per heavy atom. The number of ether oxygens (including phenoxy) is 1. The van der Waals surface area contributed by atoms with Gasteiger partial charge in [-0.1, -0.05) is 0 Å². The Kier molecular flexibility index (Phi) is 3.33. The van der Waals surface area contributed by atoms with Crippen molar-refractivity contribution in [2.24, 2.45) is 5.73 Å². The van der Waals surface area contributed by atoms with Gasteiger partial charge >= 0.3 is 0 Å². The fourth-order valence-corrected chi connectivity index (χ4v) is 1.06. The van der Waals surface area contributed by atoms with E-state index >= 15 is 0 Å². The van der Waals surface area contributed by atoms with E-state index in [1.54, 1.807) is 0 Å². The molecule has 0 bridgehead atoms. The van der Waals surface area contributed by atoms with Crippen LogP contribution in [0.25, 0.3) is 0 Å². The van der Waals surface area contributed by atoms with Gasteiger partial charge in [-0.2, -0.15) is 0 Å².